The molecule has 12 heavy (non-hydrogen) atoms. The number of rotatable bonds is 4. The average Bonchev–Trinajstić information content (AvgIpc) is 2.16. The highest BCUT2D eigenvalue weighted by Crippen LogP contribution is 2.17. The van der Waals surface area contributed by atoms with Crippen LogP contribution in [0.15, 0.2) is 0 Å². The SMILES string of the molecule is COC(C)CNC1CCCCC1. The first kappa shape index (κ1) is 10.0. The first-order valence-corrected chi connectivity index (χ1v) is 5.09. The van der Waals surface area contributed by atoms with Gasteiger partial charge in [-0.3, -0.25) is 0 Å². The molecule has 1 saturated carbocycles. The van der Waals surface area contributed by atoms with Crippen molar-refractivity contribution in [2.24, 2.45) is 0 Å². The van der Waals surface area contributed by atoms with Crippen molar-refractivity contribution in [3.05, 3.63) is 0 Å². The van der Waals surface area contributed by atoms with Gasteiger partial charge in [-0.2, -0.15) is 0 Å². The van der Waals surface area contributed by atoms with Crippen LogP contribution in [0.1, 0.15) is 39.0 Å². The van der Waals surface area contributed by atoms with Gasteiger partial charge in [0.15, 0.2) is 0 Å². The Morgan fingerprint density at radius 1 is 1.33 bits per heavy atom. The van der Waals surface area contributed by atoms with Crippen LogP contribution in [0.25, 0.3) is 0 Å². The lowest BCUT2D eigenvalue weighted by Crippen LogP contribution is -2.36. The minimum atomic E-state index is 0.354. The molecular formula is C10H21NO. The summed E-state index contributed by atoms with van der Waals surface area (Å²) in [5.74, 6) is 0. The Morgan fingerprint density at radius 3 is 2.58 bits per heavy atom. The molecule has 0 aromatic rings. The lowest BCUT2D eigenvalue weighted by Gasteiger charge is -2.24. The molecule has 1 N–H and O–H groups in total. The van der Waals surface area contributed by atoms with E-state index in [-0.39, 0.29) is 0 Å². The molecule has 0 spiro atoms. The van der Waals surface area contributed by atoms with Crippen molar-refractivity contribution in [2.45, 2.75) is 51.2 Å². The maximum absolute atomic E-state index is 5.18. The van der Waals surface area contributed by atoms with Gasteiger partial charge in [0.1, 0.15) is 0 Å². The minimum Gasteiger partial charge on any atom is -0.380 e. The van der Waals surface area contributed by atoms with Crippen molar-refractivity contribution < 1.29 is 4.74 Å². The molecule has 0 aliphatic heterocycles. The fourth-order valence-corrected chi connectivity index (χ4v) is 1.72. The van der Waals surface area contributed by atoms with Gasteiger partial charge in [-0.15, -0.1) is 0 Å². The first-order valence-electron chi connectivity index (χ1n) is 5.09. The van der Waals surface area contributed by atoms with E-state index in [4.69, 9.17) is 4.74 Å². The molecular weight excluding hydrogens is 150 g/mol. The van der Waals surface area contributed by atoms with Gasteiger partial charge in [0.05, 0.1) is 6.10 Å². The van der Waals surface area contributed by atoms with E-state index in [1.807, 2.05) is 0 Å². The molecule has 0 radical (unpaired) electrons. The monoisotopic (exact) mass is 171 g/mol. The van der Waals surface area contributed by atoms with Crippen LogP contribution in [0.4, 0.5) is 0 Å². The molecule has 1 aliphatic rings. The second kappa shape index (κ2) is 5.55. The molecule has 0 saturated heterocycles. The lowest BCUT2D eigenvalue weighted by molar-refractivity contribution is 0.112. The van der Waals surface area contributed by atoms with E-state index in [9.17, 15) is 0 Å². The molecule has 1 unspecified atom stereocenters. The molecule has 0 aromatic carbocycles. The molecule has 0 bridgehead atoms. The van der Waals surface area contributed by atoms with E-state index in [2.05, 4.69) is 12.2 Å². The summed E-state index contributed by atoms with van der Waals surface area (Å²) in [4.78, 5) is 0. The van der Waals surface area contributed by atoms with E-state index in [0.29, 0.717) is 6.10 Å². The van der Waals surface area contributed by atoms with Crippen LogP contribution in [0.2, 0.25) is 0 Å². The van der Waals surface area contributed by atoms with Gasteiger partial charge in [-0.05, 0) is 19.8 Å². The summed E-state index contributed by atoms with van der Waals surface area (Å²) >= 11 is 0. The highest BCUT2D eigenvalue weighted by Gasteiger charge is 2.12. The fourth-order valence-electron chi connectivity index (χ4n) is 1.72. The molecule has 72 valence electrons. The van der Waals surface area contributed by atoms with Gasteiger partial charge in [-0.25, -0.2) is 0 Å². The maximum atomic E-state index is 5.18. The van der Waals surface area contributed by atoms with Crippen LogP contribution >= 0.6 is 0 Å². The molecule has 1 fully saturated rings. The third-order valence-electron chi connectivity index (χ3n) is 2.70. The normalized spacial score (nSPS) is 22.5. The van der Waals surface area contributed by atoms with Crippen molar-refractivity contribution in [1.29, 1.82) is 0 Å². The number of ether oxygens (including phenoxy) is 1. The molecule has 0 aromatic heterocycles. The highest BCUT2D eigenvalue weighted by molar-refractivity contribution is 4.72. The van der Waals surface area contributed by atoms with Gasteiger partial charge in [0, 0.05) is 19.7 Å². The molecule has 1 rings (SSSR count). The summed E-state index contributed by atoms with van der Waals surface area (Å²) in [6, 6.07) is 0.761. The molecule has 0 heterocycles. The van der Waals surface area contributed by atoms with Crippen molar-refractivity contribution in [2.75, 3.05) is 13.7 Å². The predicted molar refractivity (Wildman–Crippen MR) is 51.3 cm³/mol. The summed E-state index contributed by atoms with van der Waals surface area (Å²) in [7, 11) is 1.77. The van der Waals surface area contributed by atoms with Crippen LogP contribution in [-0.2, 0) is 4.74 Å². The smallest absolute Gasteiger partial charge is 0.0667 e. The second-order valence-corrected chi connectivity index (χ2v) is 3.79. The molecule has 1 aliphatic carbocycles. The van der Waals surface area contributed by atoms with Crippen molar-refractivity contribution in [3.8, 4) is 0 Å². The number of hydrogen-bond donors (Lipinski definition) is 1. The summed E-state index contributed by atoms with van der Waals surface area (Å²) in [5.41, 5.74) is 0. The second-order valence-electron chi connectivity index (χ2n) is 3.79. The Morgan fingerprint density at radius 2 is 2.00 bits per heavy atom. The standard InChI is InChI=1S/C10H21NO/c1-9(12-2)8-11-10-6-4-3-5-7-10/h9-11H,3-8H2,1-2H3. The van der Waals surface area contributed by atoms with Crippen LogP contribution in [-0.4, -0.2) is 25.8 Å². The average molecular weight is 171 g/mol. The van der Waals surface area contributed by atoms with Crippen LogP contribution < -0.4 is 5.32 Å². The zero-order chi connectivity index (χ0) is 8.81. The first-order chi connectivity index (χ1) is 5.83. The Kier molecular flexibility index (Phi) is 4.62. The summed E-state index contributed by atoms with van der Waals surface area (Å²) < 4.78 is 5.18. The van der Waals surface area contributed by atoms with Crippen LogP contribution in [0.5, 0.6) is 0 Å². The zero-order valence-electron chi connectivity index (χ0n) is 8.31. The number of methoxy groups -OCH3 is 1. The number of hydrogen-bond acceptors (Lipinski definition) is 2. The third kappa shape index (κ3) is 3.55. The van der Waals surface area contributed by atoms with Gasteiger partial charge >= 0.3 is 0 Å². The Balaban J connectivity index is 2.05. The Bertz CT molecular complexity index is 110. The van der Waals surface area contributed by atoms with Crippen molar-refractivity contribution >= 4 is 0 Å². The van der Waals surface area contributed by atoms with Crippen LogP contribution in [0.3, 0.4) is 0 Å². The quantitative estimate of drug-likeness (QED) is 0.698. The predicted octanol–water partition coefficient (Wildman–Crippen LogP) is 1.94. The van der Waals surface area contributed by atoms with Crippen LogP contribution in [0, 0.1) is 0 Å². The van der Waals surface area contributed by atoms with E-state index >= 15 is 0 Å². The summed E-state index contributed by atoms with van der Waals surface area (Å²) in [6.45, 7) is 3.11. The fraction of sp³-hybridized carbons (Fsp3) is 1.00. The van der Waals surface area contributed by atoms with E-state index in [0.717, 1.165) is 12.6 Å². The zero-order valence-corrected chi connectivity index (χ0v) is 8.31. The topological polar surface area (TPSA) is 21.3 Å². The van der Waals surface area contributed by atoms with Gasteiger partial charge in [0.2, 0.25) is 0 Å². The van der Waals surface area contributed by atoms with Gasteiger partial charge < -0.3 is 10.1 Å². The maximum Gasteiger partial charge on any atom is 0.0667 e. The summed E-state index contributed by atoms with van der Waals surface area (Å²) in [6.07, 6.45) is 7.30. The van der Waals surface area contributed by atoms with Crippen molar-refractivity contribution in [1.82, 2.24) is 5.32 Å². The van der Waals surface area contributed by atoms with Crippen molar-refractivity contribution in [3.63, 3.8) is 0 Å². The Hall–Kier alpha value is -0.0800. The van der Waals surface area contributed by atoms with Gasteiger partial charge in [-0.1, -0.05) is 19.3 Å². The lowest BCUT2D eigenvalue weighted by atomic mass is 9.95. The van der Waals surface area contributed by atoms with E-state index < -0.39 is 0 Å². The third-order valence-corrected chi connectivity index (χ3v) is 2.70. The van der Waals surface area contributed by atoms with E-state index in [1.165, 1.54) is 32.1 Å². The largest absolute Gasteiger partial charge is 0.380 e. The van der Waals surface area contributed by atoms with Gasteiger partial charge in [0.25, 0.3) is 0 Å². The highest BCUT2D eigenvalue weighted by atomic mass is 16.5. The molecule has 0 amide bonds. The molecule has 2 heteroatoms. The Labute approximate surface area is 75.7 Å². The molecule has 2 nitrogen and oxygen atoms in total. The molecule has 1 atom stereocenters. The van der Waals surface area contributed by atoms with E-state index in [1.54, 1.807) is 7.11 Å². The minimum absolute atomic E-state index is 0.354. The number of nitrogens with one attached hydrogen (secondary N) is 1. The summed E-state index contributed by atoms with van der Waals surface area (Å²) in [5, 5.41) is 3.55.